The van der Waals surface area contributed by atoms with Crippen molar-refractivity contribution >= 4 is 23.5 Å². The number of amides is 2. The minimum absolute atomic E-state index is 0.0396. The summed E-state index contributed by atoms with van der Waals surface area (Å²) in [6.45, 7) is 1.51. The van der Waals surface area contributed by atoms with Gasteiger partial charge >= 0.3 is 5.97 Å². The summed E-state index contributed by atoms with van der Waals surface area (Å²) in [6, 6.07) is 8.87. The highest BCUT2D eigenvalue weighted by atomic mass is 16.4. The molecule has 1 saturated carbocycles. The summed E-state index contributed by atoms with van der Waals surface area (Å²) in [5, 5.41) is 12.0. The van der Waals surface area contributed by atoms with Crippen molar-refractivity contribution in [3.8, 4) is 0 Å². The van der Waals surface area contributed by atoms with Crippen LogP contribution in [-0.4, -0.2) is 44.9 Å². The highest BCUT2D eigenvalue weighted by Crippen LogP contribution is 2.30. The minimum atomic E-state index is -1.04. The molecular weight excluding hydrogens is 334 g/mol. The lowest BCUT2D eigenvalue weighted by atomic mass is 10.1. The van der Waals surface area contributed by atoms with E-state index in [1.54, 1.807) is 42.6 Å². The quantitative estimate of drug-likeness (QED) is 0.831. The van der Waals surface area contributed by atoms with Gasteiger partial charge in [0.2, 0.25) is 0 Å². The molecule has 2 amide bonds. The third-order valence-electron chi connectivity index (χ3n) is 4.24. The molecule has 26 heavy (non-hydrogen) atoms. The number of benzene rings is 1. The van der Waals surface area contributed by atoms with Crippen LogP contribution in [0.4, 0.5) is 5.69 Å². The molecule has 0 aliphatic heterocycles. The lowest BCUT2D eigenvalue weighted by molar-refractivity contribution is -0.141. The molecule has 0 saturated heterocycles. The number of nitrogens with zero attached hydrogens (tertiary/aromatic N) is 2. The molecule has 0 bridgehead atoms. The van der Waals surface area contributed by atoms with E-state index in [0.717, 1.165) is 12.8 Å². The fourth-order valence-electron chi connectivity index (χ4n) is 2.71. The van der Waals surface area contributed by atoms with Gasteiger partial charge in [-0.3, -0.25) is 14.6 Å². The first-order valence-corrected chi connectivity index (χ1v) is 8.34. The van der Waals surface area contributed by atoms with Crippen molar-refractivity contribution in [1.82, 2.24) is 9.88 Å². The Hall–Kier alpha value is -3.22. The molecule has 1 heterocycles. The third kappa shape index (κ3) is 3.88. The van der Waals surface area contributed by atoms with Gasteiger partial charge in [-0.15, -0.1) is 0 Å². The van der Waals surface area contributed by atoms with Crippen LogP contribution in [0.1, 0.15) is 40.5 Å². The van der Waals surface area contributed by atoms with Gasteiger partial charge in [-0.2, -0.15) is 0 Å². The van der Waals surface area contributed by atoms with E-state index in [1.807, 2.05) is 0 Å². The van der Waals surface area contributed by atoms with Crippen molar-refractivity contribution in [3.63, 3.8) is 0 Å². The maximum absolute atomic E-state index is 12.8. The standard InChI is InChI=1S/C19H19N3O4/c1-12(19(25)26)22(16-7-8-16)18(24)13-4-2-6-15(10-13)21-17(23)14-5-3-9-20-11-14/h2-6,9-12,16H,7-8H2,1H3,(H,21,23)(H,25,26). The SMILES string of the molecule is CC(C(=O)O)N(C(=O)c1cccc(NC(=O)c2cccnc2)c1)C1CC1. The fraction of sp³-hybridized carbons (Fsp3) is 0.263. The topological polar surface area (TPSA) is 99.6 Å². The van der Waals surface area contributed by atoms with E-state index in [1.165, 1.54) is 18.0 Å². The molecule has 1 aliphatic carbocycles. The number of rotatable bonds is 6. The first-order chi connectivity index (χ1) is 12.5. The molecule has 1 fully saturated rings. The van der Waals surface area contributed by atoms with Crippen LogP contribution in [0, 0.1) is 0 Å². The highest BCUT2D eigenvalue weighted by Gasteiger charge is 2.38. The second-order valence-electron chi connectivity index (χ2n) is 6.23. The molecule has 134 valence electrons. The van der Waals surface area contributed by atoms with Gasteiger partial charge in [0.05, 0.1) is 5.56 Å². The Labute approximate surface area is 150 Å². The number of anilines is 1. The molecule has 1 aromatic heterocycles. The first-order valence-electron chi connectivity index (χ1n) is 8.34. The van der Waals surface area contributed by atoms with Crippen molar-refractivity contribution < 1.29 is 19.5 Å². The fourth-order valence-corrected chi connectivity index (χ4v) is 2.71. The molecule has 0 spiro atoms. The Morgan fingerprint density at radius 1 is 1.19 bits per heavy atom. The molecule has 1 unspecified atom stereocenters. The lowest BCUT2D eigenvalue weighted by Gasteiger charge is -2.26. The predicted octanol–water partition coefficient (Wildman–Crippen LogP) is 2.41. The van der Waals surface area contributed by atoms with E-state index >= 15 is 0 Å². The van der Waals surface area contributed by atoms with Crippen LogP contribution >= 0.6 is 0 Å². The number of nitrogens with one attached hydrogen (secondary N) is 1. The molecular formula is C19H19N3O4. The molecule has 1 atom stereocenters. The van der Waals surface area contributed by atoms with E-state index in [2.05, 4.69) is 10.3 Å². The minimum Gasteiger partial charge on any atom is -0.480 e. The number of carbonyl (C=O) groups excluding carboxylic acids is 2. The van der Waals surface area contributed by atoms with Crippen LogP contribution in [0.3, 0.4) is 0 Å². The van der Waals surface area contributed by atoms with Crippen molar-refractivity contribution in [2.24, 2.45) is 0 Å². The van der Waals surface area contributed by atoms with Crippen LogP contribution in [-0.2, 0) is 4.79 Å². The normalized spacial score (nSPS) is 14.3. The summed E-state index contributed by atoms with van der Waals surface area (Å²) >= 11 is 0. The van der Waals surface area contributed by atoms with E-state index in [-0.39, 0.29) is 17.9 Å². The number of carbonyl (C=O) groups is 3. The van der Waals surface area contributed by atoms with E-state index in [0.29, 0.717) is 16.8 Å². The zero-order valence-corrected chi connectivity index (χ0v) is 14.3. The molecule has 1 aromatic carbocycles. The summed E-state index contributed by atoms with van der Waals surface area (Å²) in [5.74, 6) is -1.72. The van der Waals surface area contributed by atoms with Crippen LogP contribution in [0.2, 0.25) is 0 Å². The van der Waals surface area contributed by atoms with Gasteiger partial charge in [0.25, 0.3) is 11.8 Å². The molecule has 7 heteroatoms. The zero-order valence-electron chi connectivity index (χ0n) is 14.3. The van der Waals surface area contributed by atoms with Gasteiger partial charge in [0.1, 0.15) is 6.04 Å². The molecule has 7 nitrogen and oxygen atoms in total. The number of carboxylic acid groups (broad SMARTS) is 1. The third-order valence-corrected chi connectivity index (χ3v) is 4.24. The summed E-state index contributed by atoms with van der Waals surface area (Å²) in [7, 11) is 0. The van der Waals surface area contributed by atoms with Gasteiger partial charge in [0, 0.05) is 29.7 Å². The summed E-state index contributed by atoms with van der Waals surface area (Å²) in [4.78, 5) is 41.7. The number of aliphatic carboxylic acids is 1. The summed E-state index contributed by atoms with van der Waals surface area (Å²) in [5.41, 5.74) is 1.21. The van der Waals surface area contributed by atoms with Crippen LogP contribution < -0.4 is 5.32 Å². The highest BCUT2D eigenvalue weighted by molar-refractivity contribution is 6.05. The maximum Gasteiger partial charge on any atom is 0.326 e. The Morgan fingerprint density at radius 3 is 2.54 bits per heavy atom. The van der Waals surface area contributed by atoms with E-state index < -0.39 is 12.0 Å². The van der Waals surface area contributed by atoms with Crippen LogP contribution in [0.25, 0.3) is 0 Å². The number of hydrogen-bond acceptors (Lipinski definition) is 4. The second kappa shape index (κ2) is 7.35. The van der Waals surface area contributed by atoms with E-state index in [4.69, 9.17) is 0 Å². The summed E-state index contributed by atoms with van der Waals surface area (Å²) in [6.07, 6.45) is 4.64. The van der Waals surface area contributed by atoms with E-state index in [9.17, 15) is 19.5 Å². The van der Waals surface area contributed by atoms with Gasteiger partial charge in [-0.25, -0.2) is 4.79 Å². The van der Waals surface area contributed by atoms with Crippen LogP contribution in [0.15, 0.2) is 48.8 Å². The Balaban J connectivity index is 1.79. The summed E-state index contributed by atoms with van der Waals surface area (Å²) < 4.78 is 0. The lowest BCUT2D eigenvalue weighted by Crippen LogP contribution is -2.44. The Bertz CT molecular complexity index is 834. The predicted molar refractivity (Wildman–Crippen MR) is 94.9 cm³/mol. The Kier molecular flexibility index (Phi) is 4.97. The first kappa shape index (κ1) is 17.6. The maximum atomic E-state index is 12.8. The zero-order chi connectivity index (χ0) is 18.7. The molecule has 3 rings (SSSR count). The van der Waals surface area contributed by atoms with Gasteiger partial charge < -0.3 is 15.3 Å². The number of hydrogen-bond donors (Lipinski definition) is 2. The van der Waals surface area contributed by atoms with Crippen molar-refractivity contribution in [1.29, 1.82) is 0 Å². The largest absolute Gasteiger partial charge is 0.480 e. The molecule has 2 N–H and O–H groups in total. The average molecular weight is 353 g/mol. The monoisotopic (exact) mass is 353 g/mol. The van der Waals surface area contributed by atoms with Crippen LogP contribution in [0.5, 0.6) is 0 Å². The number of carboxylic acids is 1. The van der Waals surface area contributed by atoms with Crippen molar-refractivity contribution in [2.45, 2.75) is 31.8 Å². The molecule has 1 aliphatic rings. The van der Waals surface area contributed by atoms with Crippen molar-refractivity contribution in [2.75, 3.05) is 5.32 Å². The molecule has 0 radical (unpaired) electrons. The van der Waals surface area contributed by atoms with Gasteiger partial charge in [0.15, 0.2) is 0 Å². The van der Waals surface area contributed by atoms with Gasteiger partial charge in [-0.1, -0.05) is 6.07 Å². The number of aromatic nitrogens is 1. The average Bonchev–Trinajstić information content (AvgIpc) is 3.47. The molecule has 2 aromatic rings. The smallest absolute Gasteiger partial charge is 0.326 e. The number of pyridine rings is 1. The van der Waals surface area contributed by atoms with Crippen molar-refractivity contribution in [3.05, 3.63) is 59.9 Å². The van der Waals surface area contributed by atoms with Gasteiger partial charge in [-0.05, 0) is 50.1 Å². The second-order valence-corrected chi connectivity index (χ2v) is 6.23. The Morgan fingerprint density at radius 2 is 1.92 bits per heavy atom.